The number of pyridine rings is 4. The Hall–Kier alpha value is -13.4. The molecule has 4 N–H and O–H groups in total. The van der Waals surface area contributed by atoms with Gasteiger partial charge in [0, 0.05) is 118 Å². The maximum Gasteiger partial charge on any atom is 0.242 e. The fourth-order valence-electron chi connectivity index (χ4n) is 14.2. The summed E-state index contributed by atoms with van der Waals surface area (Å²) in [6, 6.07) is 32.9. The van der Waals surface area contributed by atoms with E-state index in [-0.39, 0.29) is 119 Å². The maximum atomic E-state index is 14.8. The standard InChI is InChI=1S/C25H24FN5O4S.C24H21FN6O3S.C22H18BrFN6O2S.C21H18BrClFN5O2S/c1-14(32)17-12-21-18(11-19(17)26)22(15(2)33)23(31(21)24-27-9-6-10-28-24)20-8-7-16(13-29-20)36(34,35)30-25(3,4)5;1-14(32)16-11-21-17(10-19(16)25)18(12-26)22(31(21)23-27-8-5-9-28-23)20-7-6-15(13-29-20)35(33,34)30-24(2,3)4;1-22(2,3)29-33(31,32)13-5-6-18(28-12-13)20-15(11-25)14-9-17(24)16(23)10-19(14)30(20)21-26-7-4-8-27-21;1-21(2,3)28-32(30,31)12-5-6-16(27-11-12)19-18(23)13-9-15(24)14(22)10-17(13)29(19)20-25-7-4-8-26-20/h6-13,30H,1-5H3;5-11,13,30H,1-4H3;4-10,12,29H,1-3H3;4-11,28H,1-3H3. The lowest BCUT2D eigenvalue weighted by molar-refractivity contribution is 0.100. The van der Waals surface area contributed by atoms with Crippen LogP contribution in [0.15, 0.2) is 224 Å². The van der Waals surface area contributed by atoms with Gasteiger partial charge in [0.2, 0.25) is 63.9 Å². The number of rotatable bonds is 19. The van der Waals surface area contributed by atoms with E-state index in [1.54, 1.807) is 153 Å². The van der Waals surface area contributed by atoms with Gasteiger partial charge in [0.1, 0.15) is 55.0 Å². The molecule has 33 nitrogen and oxygen atoms in total. The lowest BCUT2D eigenvalue weighted by atomic mass is 10.0. The summed E-state index contributed by atoms with van der Waals surface area (Å²) in [6.07, 6.45) is 17.1. The van der Waals surface area contributed by atoms with Crippen LogP contribution in [0, 0.1) is 45.9 Å². The SMILES string of the molecule is CC(=O)c1cc2c(cc1F)c(C#N)c(-c1ccc(S(=O)(=O)NC(C)(C)C)cn1)n2-c1ncccn1.CC(=O)c1cc2c(cc1F)c(C(C)=O)c(-c1ccc(S(=O)(=O)NC(C)(C)C)cn1)n2-c1ncccn1.CC(C)(C)NS(=O)(=O)c1ccc(-c2c(C#N)c3cc(F)c(Br)cc3n2-c2ncccn2)nc1.CC(C)(C)NS(=O)(=O)c1ccc(-c2c(Cl)c3cc(F)c(Br)cc3n2-c2ncccn2)nc1. The second kappa shape index (κ2) is 38.7. The largest absolute Gasteiger partial charge is 0.294 e. The minimum absolute atomic E-state index is 0.0136. The van der Waals surface area contributed by atoms with Crippen molar-refractivity contribution in [2.45, 2.75) is 146 Å². The molecule has 0 aliphatic heterocycles. The lowest BCUT2D eigenvalue weighted by Crippen LogP contribution is -2.40. The average Bonchev–Trinajstić information content (AvgIpc) is 1.59. The molecular formula is C92H81Br2ClF4N22O11S4. The average molecular weight is 2070 g/mol. The minimum atomic E-state index is -3.85. The molecular weight excluding hydrogens is 1990 g/mol. The van der Waals surface area contributed by atoms with Gasteiger partial charge in [0.15, 0.2) is 17.3 Å². The van der Waals surface area contributed by atoms with Crippen LogP contribution in [-0.4, -0.2) is 151 Å². The van der Waals surface area contributed by atoms with Gasteiger partial charge in [-0.25, -0.2) is 110 Å². The smallest absolute Gasteiger partial charge is 0.242 e. The number of nitriles is 2. The number of aromatic nitrogens is 16. The molecule has 0 fully saturated rings. The summed E-state index contributed by atoms with van der Waals surface area (Å²) >= 11 is 13.1. The van der Waals surface area contributed by atoms with Gasteiger partial charge in [-0.3, -0.25) is 52.6 Å². The zero-order valence-electron chi connectivity index (χ0n) is 74.8. The van der Waals surface area contributed by atoms with Crippen molar-refractivity contribution in [1.82, 2.24) is 97.0 Å². The predicted octanol–water partition coefficient (Wildman–Crippen LogP) is 17.3. The zero-order valence-corrected chi connectivity index (χ0v) is 82.0. The highest BCUT2D eigenvalue weighted by atomic mass is 79.9. The summed E-state index contributed by atoms with van der Waals surface area (Å²) in [5.41, 5.74) is 1.51. The quantitative estimate of drug-likeness (QED) is 0.0431. The molecule has 0 saturated heterocycles. The molecule has 698 valence electrons. The van der Waals surface area contributed by atoms with E-state index in [4.69, 9.17) is 11.6 Å². The Morgan fingerprint density at radius 3 is 0.875 bits per heavy atom. The zero-order chi connectivity index (χ0) is 99.2. The van der Waals surface area contributed by atoms with Crippen LogP contribution in [0.25, 0.3) is 113 Å². The molecule has 0 bridgehead atoms. The molecule has 12 heterocycles. The third-order valence-corrected chi connectivity index (χ3v) is 27.9. The number of sulfonamides is 4. The summed E-state index contributed by atoms with van der Waals surface area (Å²) in [4.78, 5) is 88.3. The number of benzene rings is 4. The van der Waals surface area contributed by atoms with Crippen LogP contribution in [-0.2, 0) is 40.1 Å². The van der Waals surface area contributed by atoms with Crippen molar-refractivity contribution in [3.05, 3.63) is 261 Å². The van der Waals surface area contributed by atoms with Crippen LogP contribution in [0.1, 0.15) is 146 Å². The van der Waals surface area contributed by atoms with E-state index in [0.717, 1.165) is 12.1 Å². The Balaban J connectivity index is 0.000000154. The van der Waals surface area contributed by atoms with Gasteiger partial charge in [-0.2, -0.15) is 10.5 Å². The second-order valence-electron chi connectivity index (χ2n) is 34.5. The van der Waals surface area contributed by atoms with E-state index in [2.05, 4.69) is 123 Å². The highest BCUT2D eigenvalue weighted by molar-refractivity contribution is 9.10. The van der Waals surface area contributed by atoms with Gasteiger partial charge in [0.05, 0.1) is 109 Å². The van der Waals surface area contributed by atoms with E-state index < -0.39 is 97.1 Å². The van der Waals surface area contributed by atoms with Crippen molar-refractivity contribution < 1.29 is 65.6 Å². The Bertz CT molecular complexity index is 8020. The Morgan fingerprint density at radius 1 is 0.346 bits per heavy atom. The molecule has 12 aromatic heterocycles. The van der Waals surface area contributed by atoms with Crippen molar-refractivity contribution in [3.63, 3.8) is 0 Å². The van der Waals surface area contributed by atoms with Gasteiger partial charge < -0.3 is 0 Å². The Morgan fingerprint density at radius 2 is 0.596 bits per heavy atom. The van der Waals surface area contributed by atoms with Gasteiger partial charge in [-0.15, -0.1) is 0 Å². The maximum absolute atomic E-state index is 14.8. The summed E-state index contributed by atoms with van der Waals surface area (Å²) in [7, 11) is -15.2. The first-order chi connectivity index (χ1) is 63.7. The molecule has 0 radical (unpaired) electrons. The monoisotopic (exact) mass is 2070 g/mol. The summed E-state index contributed by atoms with van der Waals surface area (Å²) in [6.45, 7) is 24.6. The van der Waals surface area contributed by atoms with E-state index in [9.17, 15) is 76.1 Å². The second-order valence-corrected chi connectivity index (χ2v) is 43.3. The number of halogens is 7. The molecule has 0 atom stereocenters. The number of ketones is 3. The number of Topliss-reactive ketones (excluding diaryl/α,β-unsaturated/α-hetero) is 3. The Kier molecular flexibility index (Phi) is 28.5. The Labute approximate surface area is 799 Å². The normalized spacial score (nSPS) is 12.2. The van der Waals surface area contributed by atoms with Crippen molar-refractivity contribution in [2.24, 2.45) is 0 Å². The molecule has 16 aromatic rings. The van der Waals surface area contributed by atoms with Crippen molar-refractivity contribution in [3.8, 4) is 81.5 Å². The topological polar surface area (TPSA) is 458 Å². The van der Waals surface area contributed by atoms with E-state index in [0.29, 0.717) is 61.6 Å². The lowest BCUT2D eigenvalue weighted by Gasteiger charge is -2.20. The van der Waals surface area contributed by atoms with Gasteiger partial charge in [-0.1, -0.05) is 11.6 Å². The van der Waals surface area contributed by atoms with Crippen LogP contribution < -0.4 is 18.9 Å². The van der Waals surface area contributed by atoms with Crippen LogP contribution in [0.3, 0.4) is 0 Å². The molecule has 44 heteroatoms. The molecule has 0 aliphatic carbocycles. The van der Waals surface area contributed by atoms with E-state index >= 15 is 0 Å². The van der Waals surface area contributed by atoms with Crippen molar-refractivity contribution >= 4 is 145 Å². The van der Waals surface area contributed by atoms with Crippen molar-refractivity contribution in [1.29, 1.82) is 10.5 Å². The first-order valence-electron chi connectivity index (χ1n) is 40.6. The molecule has 136 heavy (non-hydrogen) atoms. The molecule has 0 amide bonds. The number of fused-ring (bicyclic) bond motifs is 4. The molecule has 0 spiro atoms. The van der Waals surface area contributed by atoms with E-state index in [1.807, 2.05) is 0 Å². The number of nitrogens with one attached hydrogen (secondary N) is 4. The number of nitrogens with zero attached hydrogens (tertiary/aromatic N) is 18. The third-order valence-electron chi connectivity index (χ3n) is 19.3. The first-order valence-corrected chi connectivity index (χ1v) is 48.5. The molecule has 16 rings (SSSR count). The van der Waals surface area contributed by atoms with Gasteiger partial charge in [0.25, 0.3) is 0 Å². The number of hydrogen-bond donors (Lipinski definition) is 4. The fraction of sp³-hybridized carbons (Fsp3) is 0.207. The molecule has 0 aliphatic rings. The number of carbonyl (C=O) groups is 3. The van der Waals surface area contributed by atoms with Gasteiger partial charge in [-0.05, 0) is 257 Å². The number of hydrogen-bond acceptors (Lipinski definition) is 25. The van der Waals surface area contributed by atoms with Crippen molar-refractivity contribution in [2.75, 3.05) is 0 Å². The summed E-state index contributed by atoms with van der Waals surface area (Å²) in [5.74, 6) is -2.98. The molecule has 4 aromatic carbocycles. The van der Waals surface area contributed by atoms with Crippen LogP contribution >= 0.6 is 43.5 Å². The van der Waals surface area contributed by atoms with Gasteiger partial charge >= 0.3 is 0 Å². The molecule has 0 unspecified atom stereocenters. The minimum Gasteiger partial charge on any atom is -0.294 e. The highest BCUT2D eigenvalue weighted by Gasteiger charge is 2.34. The fourth-order valence-corrected chi connectivity index (χ4v) is 20.7. The van der Waals surface area contributed by atoms with Crippen LogP contribution in [0.2, 0.25) is 5.02 Å². The van der Waals surface area contributed by atoms with Crippen LogP contribution in [0.4, 0.5) is 17.6 Å². The summed E-state index contributed by atoms with van der Waals surface area (Å²) in [5, 5.41) is 21.5. The highest BCUT2D eigenvalue weighted by Crippen LogP contribution is 2.44. The first kappa shape index (κ1) is 100. The molecule has 0 saturated carbocycles. The summed E-state index contributed by atoms with van der Waals surface area (Å²) < 4.78 is 177. The third kappa shape index (κ3) is 21.6. The van der Waals surface area contributed by atoms with E-state index in [1.165, 1.54) is 152 Å². The predicted molar refractivity (Wildman–Crippen MR) is 508 cm³/mol. The number of carbonyl (C=O) groups excluding carboxylic acids is 3. The van der Waals surface area contributed by atoms with Crippen LogP contribution in [0.5, 0.6) is 0 Å².